The van der Waals surface area contributed by atoms with Gasteiger partial charge in [0.05, 0.1) is 23.0 Å². The van der Waals surface area contributed by atoms with Crippen molar-refractivity contribution in [2.24, 2.45) is 0 Å². The van der Waals surface area contributed by atoms with Gasteiger partial charge in [-0.25, -0.2) is 9.48 Å². The van der Waals surface area contributed by atoms with Crippen molar-refractivity contribution >= 4 is 22.8 Å². The molecule has 3 heterocycles. The molecule has 5 aromatic rings. The van der Waals surface area contributed by atoms with E-state index in [0.717, 1.165) is 11.1 Å². The Morgan fingerprint density at radius 2 is 1.79 bits per heavy atom. The molecule has 0 radical (unpaired) electrons. The molecule has 7 nitrogen and oxygen atoms in total. The Kier molecular flexibility index (Phi) is 5.51. The summed E-state index contributed by atoms with van der Waals surface area (Å²) in [5.74, 6) is -0.184. The summed E-state index contributed by atoms with van der Waals surface area (Å²) < 4.78 is 8.95. The second-order valence-corrected chi connectivity index (χ2v) is 8.20. The zero-order chi connectivity index (χ0) is 23.7. The van der Waals surface area contributed by atoms with E-state index >= 15 is 0 Å². The summed E-state index contributed by atoms with van der Waals surface area (Å²) in [7, 11) is 0. The quantitative estimate of drug-likeness (QED) is 0.199. The van der Waals surface area contributed by atoms with Crippen molar-refractivity contribution in [1.29, 1.82) is 0 Å². The van der Waals surface area contributed by atoms with Crippen molar-refractivity contribution < 1.29 is 9.21 Å². The number of ketones is 1. The summed E-state index contributed by atoms with van der Waals surface area (Å²) in [5, 5.41) is 9.70. The zero-order valence-corrected chi connectivity index (χ0v) is 18.8. The van der Waals surface area contributed by atoms with Crippen LogP contribution in [0.5, 0.6) is 0 Å². The highest BCUT2D eigenvalue weighted by Gasteiger charge is 2.17. The van der Waals surface area contributed by atoms with Crippen LogP contribution in [0.2, 0.25) is 0 Å². The van der Waals surface area contributed by atoms with E-state index in [-0.39, 0.29) is 11.8 Å². The third-order valence-electron chi connectivity index (χ3n) is 5.49. The standard InChI is InChI=1S/C27H22N4O3/c1-18(2)30-17-21(15-28-30)24(32)13-12-20-16-31(22-9-4-3-5-10-22)29-26(20)23-14-19-8-6-7-11-25(19)34-27(23)33/h3-18H,1-2H3. The van der Waals surface area contributed by atoms with Crippen molar-refractivity contribution in [2.45, 2.75) is 19.9 Å². The molecule has 0 N–H and O–H groups in total. The van der Waals surface area contributed by atoms with Crippen LogP contribution < -0.4 is 5.63 Å². The first kappa shape index (κ1) is 21.3. The molecule has 0 atom stereocenters. The first-order valence-electron chi connectivity index (χ1n) is 10.9. The second-order valence-electron chi connectivity index (χ2n) is 8.20. The normalized spacial score (nSPS) is 11.6. The number of allylic oxidation sites excluding steroid dienone is 1. The Labute approximate surface area is 195 Å². The van der Waals surface area contributed by atoms with Crippen LogP contribution >= 0.6 is 0 Å². The van der Waals surface area contributed by atoms with E-state index < -0.39 is 5.63 Å². The van der Waals surface area contributed by atoms with E-state index in [0.29, 0.717) is 28.0 Å². The molecule has 0 fully saturated rings. The van der Waals surface area contributed by atoms with Gasteiger partial charge < -0.3 is 4.42 Å². The molecule has 7 heteroatoms. The summed E-state index contributed by atoms with van der Waals surface area (Å²) in [6.07, 6.45) is 8.22. The first-order valence-corrected chi connectivity index (χ1v) is 10.9. The number of aromatic nitrogens is 4. The van der Waals surface area contributed by atoms with Gasteiger partial charge in [-0.2, -0.15) is 10.2 Å². The van der Waals surface area contributed by atoms with Gasteiger partial charge in [-0.15, -0.1) is 0 Å². The molecule has 5 rings (SSSR count). The Bertz CT molecular complexity index is 1570. The van der Waals surface area contributed by atoms with Gasteiger partial charge in [0.1, 0.15) is 11.3 Å². The fourth-order valence-corrected chi connectivity index (χ4v) is 3.67. The molecule has 168 valence electrons. The minimum Gasteiger partial charge on any atom is -0.422 e. The number of nitrogens with zero attached hydrogens (tertiary/aromatic N) is 4. The fourth-order valence-electron chi connectivity index (χ4n) is 3.67. The van der Waals surface area contributed by atoms with Crippen molar-refractivity contribution in [3.63, 3.8) is 0 Å². The van der Waals surface area contributed by atoms with Gasteiger partial charge in [0.15, 0.2) is 5.78 Å². The maximum absolute atomic E-state index is 12.8. The van der Waals surface area contributed by atoms with Crippen molar-refractivity contribution in [3.8, 4) is 16.9 Å². The van der Waals surface area contributed by atoms with Crippen LogP contribution in [0.25, 0.3) is 34.0 Å². The van der Waals surface area contributed by atoms with E-state index in [2.05, 4.69) is 10.2 Å². The van der Waals surface area contributed by atoms with Gasteiger partial charge >= 0.3 is 5.63 Å². The summed E-state index contributed by atoms with van der Waals surface area (Å²) in [4.78, 5) is 25.6. The van der Waals surface area contributed by atoms with Crippen LogP contribution in [0.3, 0.4) is 0 Å². The maximum Gasteiger partial charge on any atom is 0.345 e. The molecule has 0 aliphatic carbocycles. The number of carbonyl (C=O) groups excluding carboxylic acids is 1. The topological polar surface area (TPSA) is 82.9 Å². The van der Waals surface area contributed by atoms with Crippen LogP contribution in [0.1, 0.15) is 35.8 Å². The highest BCUT2D eigenvalue weighted by molar-refractivity contribution is 6.06. The monoisotopic (exact) mass is 450 g/mol. The minimum atomic E-state index is -0.490. The fraction of sp³-hybridized carbons (Fsp3) is 0.111. The number of rotatable bonds is 6. The van der Waals surface area contributed by atoms with E-state index in [4.69, 9.17) is 4.42 Å². The maximum atomic E-state index is 12.8. The van der Waals surface area contributed by atoms with Crippen LogP contribution in [-0.2, 0) is 0 Å². The SMILES string of the molecule is CC(C)n1cc(C(=O)C=Cc2cn(-c3ccccc3)nc2-c2cc3ccccc3oc2=O)cn1. The third-order valence-corrected chi connectivity index (χ3v) is 5.49. The lowest BCUT2D eigenvalue weighted by Crippen LogP contribution is -2.04. The van der Waals surface area contributed by atoms with Gasteiger partial charge in [-0.05, 0) is 50.3 Å². The van der Waals surface area contributed by atoms with Crippen LogP contribution in [0.15, 0.2) is 94.5 Å². The largest absolute Gasteiger partial charge is 0.422 e. The Hall–Kier alpha value is -4.52. The van der Waals surface area contributed by atoms with Gasteiger partial charge in [0.25, 0.3) is 0 Å². The summed E-state index contributed by atoms with van der Waals surface area (Å²) in [5.41, 5.74) is 2.73. The molecular weight excluding hydrogens is 428 g/mol. The summed E-state index contributed by atoms with van der Waals surface area (Å²) in [6, 6.07) is 18.8. The second kappa shape index (κ2) is 8.78. The predicted molar refractivity (Wildman–Crippen MR) is 131 cm³/mol. The number of hydrogen-bond donors (Lipinski definition) is 0. The molecule has 0 unspecified atom stereocenters. The smallest absolute Gasteiger partial charge is 0.345 e. The van der Waals surface area contributed by atoms with Gasteiger partial charge in [0.2, 0.25) is 0 Å². The van der Waals surface area contributed by atoms with E-state index in [1.54, 1.807) is 46.2 Å². The molecule has 2 aromatic carbocycles. The van der Waals surface area contributed by atoms with Gasteiger partial charge in [0, 0.05) is 29.4 Å². The summed E-state index contributed by atoms with van der Waals surface area (Å²) in [6.45, 7) is 3.99. The number of fused-ring (bicyclic) bond motifs is 1. The Morgan fingerprint density at radius 1 is 1.03 bits per heavy atom. The molecular formula is C27H22N4O3. The van der Waals surface area contributed by atoms with Crippen molar-refractivity contribution in [3.05, 3.63) is 107 Å². The highest BCUT2D eigenvalue weighted by Crippen LogP contribution is 2.25. The summed E-state index contributed by atoms with van der Waals surface area (Å²) >= 11 is 0. The predicted octanol–water partition coefficient (Wildman–Crippen LogP) is 5.32. The number of hydrogen-bond acceptors (Lipinski definition) is 5. The Morgan fingerprint density at radius 3 is 2.56 bits per heavy atom. The Balaban J connectivity index is 1.59. The molecule has 0 saturated carbocycles. The van der Waals surface area contributed by atoms with Crippen molar-refractivity contribution in [2.75, 3.05) is 0 Å². The highest BCUT2D eigenvalue weighted by atomic mass is 16.4. The van der Waals surface area contributed by atoms with Crippen LogP contribution in [0.4, 0.5) is 0 Å². The first-order chi connectivity index (χ1) is 16.5. The van der Waals surface area contributed by atoms with E-state index in [1.807, 2.05) is 62.4 Å². The van der Waals surface area contributed by atoms with Crippen LogP contribution in [-0.4, -0.2) is 25.3 Å². The van der Waals surface area contributed by atoms with Gasteiger partial charge in [-0.3, -0.25) is 9.48 Å². The molecule has 0 amide bonds. The van der Waals surface area contributed by atoms with E-state index in [1.165, 1.54) is 6.08 Å². The number of benzene rings is 2. The van der Waals surface area contributed by atoms with Crippen LogP contribution in [0, 0.1) is 0 Å². The van der Waals surface area contributed by atoms with E-state index in [9.17, 15) is 9.59 Å². The zero-order valence-electron chi connectivity index (χ0n) is 18.8. The molecule has 34 heavy (non-hydrogen) atoms. The molecule has 0 saturated heterocycles. The average molecular weight is 450 g/mol. The lowest BCUT2D eigenvalue weighted by Gasteiger charge is -2.02. The van der Waals surface area contributed by atoms with Gasteiger partial charge in [-0.1, -0.05) is 36.4 Å². The lowest BCUT2D eigenvalue weighted by atomic mass is 10.1. The average Bonchev–Trinajstić information content (AvgIpc) is 3.51. The lowest BCUT2D eigenvalue weighted by molar-refractivity contribution is 0.104. The molecule has 0 aliphatic rings. The molecule has 3 aromatic heterocycles. The number of carbonyl (C=O) groups is 1. The number of para-hydroxylation sites is 2. The molecule has 0 spiro atoms. The van der Waals surface area contributed by atoms with Crippen molar-refractivity contribution in [1.82, 2.24) is 19.6 Å². The minimum absolute atomic E-state index is 0.161. The molecule has 0 aliphatic heterocycles. The molecule has 0 bridgehead atoms. The third kappa shape index (κ3) is 4.11.